The van der Waals surface area contributed by atoms with Gasteiger partial charge in [0.15, 0.2) is 15.5 Å². The lowest BCUT2D eigenvalue weighted by Crippen LogP contribution is -2.56. The summed E-state index contributed by atoms with van der Waals surface area (Å²) >= 11 is 0. The summed E-state index contributed by atoms with van der Waals surface area (Å²) < 4.78 is 33.1. The number of aromatic nitrogens is 3. The zero-order chi connectivity index (χ0) is 58.3. The van der Waals surface area contributed by atoms with Crippen LogP contribution in [0.5, 0.6) is 5.75 Å². The fraction of sp³-hybridized carbons (Fsp3) is 0.391. The Morgan fingerprint density at radius 1 is 0.741 bits per heavy atom. The van der Waals surface area contributed by atoms with Gasteiger partial charge in [0.1, 0.15) is 36.6 Å². The van der Waals surface area contributed by atoms with Gasteiger partial charge < -0.3 is 30.9 Å². The van der Waals surface area contributed by atoms with Crippen molar-refractivity contribution in [3.8, 4) is 5.75 Å². The van der Waals surface area contributed by atoms with Crippen LogP contribution < -0.4 is 30.9 Å². The number of nitrogens with zero attached hydrogens (tertiary/aromatic N) is 5. The van der Waals surface area contributed by atoms with Crippen LogP contribution in [0.1, 0.15) is 102 Å². The molecule has 1 aromatic heterocycles. The van der Waals surface area contributed by atoms with Gasteiger partial charge in [-0.2, -0.15) is 4.58 Å². The minimum absolute atomic E-state index is 0.0783. The zero-order valence-corrected chi connectivity index (χ0v) is 49.1. The van der Waals surface area contributed by atoms with E-state index in [9.17, 15) is 27.6 Å². The Kier molecular flexibility index (Phi) is 20.6. The number of rotatable bonds is 27. The third kappa shape index (κ3) is 16.6. The first-order valence-corrected chi connectivity index (χ1v) is 29.8. The van der Waals surface area contributed by atoms with Crippen molar-refractivity contribution < 1.29 is 36.9 Å². The summed E-state index contributed by atoms with van der Waals surface area (Å²) in [5.41, 5.74) is 9.24. The van der Waals surface area contributed by atoms with Gasteiger partial charge in [0.2, 0.25) is 29.3 Å². The summed E-state index contributed by atoms with van der Waals surface area (Å²) in [7, 11) is 0.208. The number of hydrogen-bond donors (Lipinski definition) is 4. The van der Waals surface area contributed by atoms with Crippen molar-refractivity contribution in [2.75, 3.05) is 31.9 Å². The second kappa shape index (κ2) is 27.5. The molecule has 81 heavy (non-hydrogen) atoms. The Morgan fingerprint density at radius 3 is 2.09 bits per heavy atom. The average molecular weight is 1120 g/mol. The molecule has 17 heteroatoms. The van der Waals surface area contributed by atoms with E-state index in [1.165, 1.54) is 44.7 Å². The number of carbonyl (C=O) groups excluding carboxylic acids is 4. The van der Waals surface area contributed by atoms with Crippen molar-refractivity contribution in [1.82, 2.24) is 36.3 Å². The number of allylic oxidation sites excluding steroid dienone is 6. The number of anilines is 1. The summed E-state index contributed by atoms with van der Waals surface area (Å²) in [6.07, 6.45) is 18.4. The molecule has 0 bridgehead atoms. The number of likely N-dealkylation sites (N-methyl/N-ethyl adjacent to an activating group) is 1. The number of para-hydroxylation sites is 2. The predicted molar refractivity (Wildman–Crippen MR) is 320 cm³/mol. The summed E-state index contributed by atoms with van der Waals surface area (Å²) in [5, 5.41) is 21.0. The number of carbonyl (C=O) groups is 4. The molecule has 16 nitrogen and oxygen atoms in total. The molecule has 4 amide bonds. The van der Waals surface area contributed by atoms with Gasteiger partial charge in [-0.3, -0.25) is 19.2 Å². The molecule has 0 unspecified atom stereocenters. The summed E-state index contributed by atoms with van der Waals surface area (Å²) in [5.74, 6) is -1.04. The quantitative estimate of drug-likeness (QED) is 0.0225. The molecule has 2 aliphatic rings. The maximum Gasteiger partial charge on any atom is 0.243 e. The van der Waals surface area contributed by atoms with E-state index in [0.29, 0.717) is 30.7 Å². The standard InChI is InChI=1S/C64H79N9O7S/c1-45(2)39-48(36-38-81(9,78)79)66-61(76)54(40-46-23-13-10-14-24-46)68-62(77)53(41-47-32-34-50(80-8)35-33-47)67-60(75)44-72-43-49(69-70-72)42-65-59(74)31-17-12-22-37-73-56-28-21-19-26-52(56)64(5,6)58(73)30-16-11-15-29-57-63(3,4)51-25-18-20-27-55(51)71(57)7/h10-11,13-16,18-21,23-30,32-36,38,43,45,48,53-54H,12,17,22,31,37,39-42,44H2,1-9H3,(H3-,65,66,67,68,74,75,76,77)/p+1/b38-36+/t48-,53+,54+/m1/s1. The third-order valence-corrected chi connectivity index (χ3v) is 15.5. The van der Waals surface area contributed by atoms with E-state index in [4.69, 9.17) is 4.74 Å². The van der Waals surface area contributed by atoms with Crippen LogP contribution in [0.15, 0.2) is 157 Å². The lowest BCUT2D eigenvalue weighted by Gasteiger charge is -2.25. The molecule has 428 valence electrons. The van der Waals surface area contributed by atoms with E-state index in [1.807, 2.05) is 44.2 Å². The number of nitrogens with one attached hydrogen (secondary N) is 4. The Balaban J connectivity index is 0.926. The summed E-state index contributed by atoms with van der Waals surface area (Å²) in [6, 6.07) is 30.6. The van der Waals surface area contributed by atoms with Crippen molar-refractivity contribution in [2.24, 2.45) is 5.92 Å². The van der Waals surface area contributed by atoms with Crippen molar-refractivity contribution >= 4 is 50.6 Å². The minimum Gasteiger partial charge on any atom is -0.497 e. The number of unbranched alkanes of at least 4 members (excludes halogenated alkanes) is 2. The van der Waals surface area contributed by atoms with E-state index in [0.717, 1.165) is 42.2 Å². The summed E-state index contributed by atoms with van der Waals surface area (Å²) in [6.45, 7) is 13.7. The topological polar surface area (TPSA) is 197 Å². The van der Waals surface area contributed by atoms with Gasteiger partial charge in [0.25, 0.3) is 0 Å². The van der Waals surface area contributed by atoms with Crippen LogP contribution in [0.3, 0.4) is 0 Å². The number of benzene rings is 4. The second-order valence-electron chi connectivity index (χ2n) is 22.5. The Hall–Kier alpha value is -7.92. The van der Waals surface area contributed by atoms with Crippen LogP contribution in [-0.4, -0.2) is 102 Å². The lowest BCUT2D eigenvalue weighted by molar-refractivity contribution is -0.438. The van der Waals surface area contributed by atoms with Crippen LogP contribution in [0.2, 0.25) is 0 Å². The number of sulfone groups is 1. The number of fused-ring (bicyclic) bond motifs is 2. The van der Waals surface area contributed by atoms with Gasteiger partial charge in [-0.05, 0) is 80.0 Å². The molecule has 4 N–H and O–H groups in total. The fourth-order valence-electron chi connectivity index (χ4n) is 10.7. The smallest absolute Gasteiger partial charge is 0.243 e. The van der Waals surface area contributed by atoms with Crippen molar-refractivity contribution in [3.05, 3.63) is 185 Å². The minimum atomic E-state index is -3.47. The number of methoxy groups -OCH3 is 1. The predicted octanol–water partition coefficient (Wildman–Crippen LogP) is 8.51. The Bertz CT molecular complexity index is 3280. The molecule has 2 aliphatic heterocycles. The molecule has 3 atom stereocenters. The average Bonchev–Trinajstić information content (AvgIpc) is 4.04. The molecule has 4 aromatic carbocycles. The van der Waals surface area contributed by atoms with Crippen LogP contribution in [0.25, 0.3) is 0 Å². The highest BCUT2D eigenvalue weighted by Gasteiger charge is 2.44. The highest BCUT2D eigenvalue weighted by Crippen LogP contribution is 2.46. The van der Waals surface area contributed by atoms with E-state index < -0.39 is 45.7 Å². The van der Waals surface area contributed by atoms with Crippen LogP contribution in [0, 0.1) is 5.92 Å². The van der Waals surface area contributed by atoms with E-state index in [2.05, 4.69) is 155 Å². The molecule has 0 fully saturated rings. The third-order valence-electron chi connectivity index (χ3n) is 14.9. The Morgan fingerprint density at radius 2 is 1.40 bits per heavy atom. The molecule has 0 radical (unpaired) electrons. The molecular weight excluding hydrogens is 1040 g/mol. The first kappa shape index (κ1) is 60.7. The van der Waals surface area contributed by atoms with E-state index in [1.54, 1.807) is 37.6 Å². The van der Waals surface area contributed by atoms with Gasteiger partial charge >= 0.3 is 0 Å². The lowest BCUT2D eigenvalue weighted by atomic mass is 9.81. The zero-order valence-electron chi connectivity index (χ0n) is 48.3. The SMILES string of the molecule is COc1ccc(C[C@H](NC(=O)Cn2cc(CNC(=O)CCCCC[N+]3=C(/C=C/C=C/C=C4/N(C)c5ccccc5C4(C)C)C(C)(C)c4ccccc43)nn2)C(=O)N[C@@H](Cc2ccccc2)C(=O)N[C@H](/C=C/S(C)(=O)=O)CC(C)C)cc1. The Labute approximate surface area is 478 Å². The van der Waals surface area contributed by atoms with Gasteiger partial charge in [-0.25, -0.2) is 13.1 Å². The van der Waals surface area contributed by atoms with Crippen molar-refractivity contribution in [1.29, 1.82) is 0 Å². The second-order valence-corrected chi connectivity index (χ2v) is 24.4. The monoisotopic (exact) mass is 1120 g/mol. The molecule has 0 spiro atoms. The van der Waals surface area contributed by atoms with Crippen LogP contribution >= 0.6 is 0 Å². The van der Waals surface area contributed by atoms with Crippen molar-refractivity contribution in [2.45, 2.75) is 129 Å². The highest BCUT2D eigenvalue weighted by molar-refractivity contribution is 7.93. The summed E-state index contributed by atoms with van der Waals surface area (Å²) in [4.78, 5) is 57.4. The molecule has 5 aromatic rings. The van der Waals surface area contributed by atoms with Gasteiger partial charge in [-0.1, -0.05) is 136 Å². The number of ether oxygens (including phenoxy) is 1. The molecule has 7 rings (SSSR count). The molecular formula is C64H80N9O7S+. The van der Waals surface area contributed by atoms with Crippen molar-refractivity contribution in [3.63, 3.8) is 0 Å². The molecule has 0 saturated heterocycles. The molecule has 3 heterocycles. The van der Waals surface area contributed by atoms with E-state index in [-0.39, 0.29) is 48.6 Å². The maximum absolute atomic E-state index is 14.3. The van der Waals surface area contributed by atoms with Crippen LogP contribution in [0.4, 0.5) is 11.4 Å². The first-order chi connectivity index (χ1) is 38.6. The van der Waals surface area contributed by atoms with E-state index >= 15 is 0 Å². The largest absolute Gasteiger partial charge is 0.497 e. The van der Waals surface area contributed by atoms with Gasteiger partial charge in [0.05, 0.1) is 25.3 Å². The van der Waals surface area contributed by atoms with Gasteiger partial charge in [-0.15, -0.1) is 5.10 Å². The number of hydrogen-bond acceptors (Lipinski definition) is 10. The normalized spacial score (nSPS) is 16.2. The fourth-order valence-corrected chi connectivity index (χ4v) is 11.2. The molecule has 0 saturated carbocycles. The van der Waals surface area contributed by atoms with Crippen LogP contribution in [-0.2, 0) is 65.8 Å². The first-order valence-electron chi connectivity index (χ1n) is 27.9. The van der Waals surface area contributed by atoms with Gasteiger partial charge in [0, 0.05) is 84.9 Å². The highest BCUT2D eigenvalue weighted by atomic mass is 32.2. The maximum atomic E-state index is 14.3. The molecule has 0 aliphatic carbocycles. The number of amides is 4.